The molecule has 0 atom stereocenters. The molecule has 3 aromatic heterocycles. The first kappa shape index (κ1) is 23.2. The second kappa shape index (κ2) is 8.57. The van der Waals surface area contributed by atoms with Gasteiger partial charge in [0.2, 0.25) is 0 Å². The zero-order valence-electron chi connectivity index (χ0n) is 23.2. The Morgan fingerprint density at radius 3 is 1.70 bits per heavy atom. The van der Waals surface area contributed by atoms with E-state index >= 15 is 0 Å². The normalized spacial score (nSPS) is 12.2. The number of benzene rings is 7. The van der Waals surface area contributed by atoms with E-state index in [-0.39, 0.29) is 0 Å². The SMILES string of the molecule is c1ccc2c(c1)ccc1c2c2ccc3c4ccccc4sc3c2n1-c1ccc(-n2c3ccccc3c3ccccc32)cc1. The van der Waals surface area contributed by atoms with E-state index in [9.17, 15) is 0 Å². The standard InChI is InChI=1S/C40H24N2S/c1-2-10-28-25(9-1)17-24-36-38(28)33-23-22-32-31-13-5-8-16-37(31)43-40(32)39(33)42(36)27-20-18-26(19-21-27)41-34-14-6-3-11-29(34)30-12-4-7-15-35(30)41/h1-24H. The molecule has 0 aliphatic rings. The lowest BCUT2D eigenvalue weighted by Crippen LogP contribution is -1.97. The predicted octanol–water partition coefficient (Wildman–Crippen LogP) is 11.4. The summed E-state index contributed by atoms with van der Waals surface area (Å²) in [6.45, 7) is 0. The molecule has 0 bridgehead atoms. The molecule has 0 aliphatic carbocycles. The molecule has 10 aromatic rings. The Balaban J connectivity index is 1.29. The molecule has 43 heavy (non-hydrogen) atoms. The monoisotopic (exact) mass is 564 g/mol. The van der Waals surface area contributed by atoms with E-state index in [0.717, 1.165) is 0 Å². The van der Waals surface area contributed by atoms with Crippen LogP contribution in [0, 0.1) is 0 Å². The third-order valence-corrected chi connectivity index (χ3v) is 10.3. The highest BCUT2D eigenvalue weighted by atomic mass is 32.1. The van der Waals surface area contributed by atoms with Gasteiger partial charge in [0.05, 0.1) is 26.8 Å². The van der Waals surface area contributed by atoms with Gasteiger partial charge < -0.3 is 9.13 Å². The molecule has 0 fully saturated rings. The van der Waals surface area contributed by atoms with Gasteiger partial charge in [-0.15, -0.1) is 11.3 Å². The molecule has 2 nitrogen and oxygen atoms in total. The highest BCUT2D eigenvalue weighted by molar-refractivity contribution is 7.26. The lowest BCUT2D eigenvalue weighted by atomic mass is 10.0. The van der Waals surface area contributed by atoms with Gasteiger partial charge in [0.1, 0.15) is 0 Å². The lowest BCUT2D eigenvalue weighted by Gasteiger charge is -2.12. The molecule has 3 heteroatoms. The van der Waals surface area contributed by atoms with Crippen molar-refractivity contribution in [1.29, 1.82) is 0 Å². The minimum Gasteiger partial charge on any atom is -0.309 e. The maximum absolute atomic E-state index is 2.49. The summed E-state index contributed by atoms with van der Waals surface area (Å²) in [7, 11) is 0. The number of aromatic nitrogens is 2. The maximum atomic E-state index is 2.49. The van der Waals surface area contributed by atoms with Crippen molar-refractivity contribution in [3.8, 4) is 11.4 Å². The van der Waals surface area contributed by atoms with Crippen LogP contribution >= 0.6 is 11.3 Å². The molecule has 0 aliphatic heterocycles. The number of rotatable bonds is 2. The van der Waals surface area contributed by atoms with Gasteiger partial charge in [-0.3, -0.25) is 0 Å². The van der Waals surface area contributed by atoms with E-state index in [4.69, 9.17) is 0 Å². The molecule has 10 rings (SSSR count). The summed E-state index contributed by atoms with van der Waals surface area (Å²) in [5.41, 5.74) is 7.32. The topological polar surface area (TPSA) is 9.86 Å². The quantitative estimate of drug-likeness (QED) is 0.198. The fourth-order valence-electron chi connectivity index (χ4n) is 7.27. The summed E-state index contributed by atoms with van der Waals surface area (Å²) in [6, 6.07) is 53.3. The molecule has 0 spiro atoms. The molecular weight excluding hydrogens is 541 g/mol. The Kier molecular flexibility index (Phi) is 4.63. The molecule has 200 valence electrons. The first-order valence-corrected chi connectivity index (χ1v) is 15.5. The van der Waals surface area contributed by atoms with Crippen LogP contribution in [0.25, 0.3) is 85.9 Å². The van der Waals surface area contributed by atoms with Gasteiger partial charge in [0, 0.05) is 48.4 Å². The van der Waals surface area contributed by atoms with Crippen LogP contribution in [-0.2, 0) is 0 Å². The van der Waals surface area contributed by atoms with Crippen LogP contribution in [0.4, 0.5) is 0 Å². The summed E-state index contributed by atoms with van der Waals surface area (Å²) in [5.74, 6) is 0. The van der Waals surface area contributed by atoms with E-state index in [1.54, 1.807) is 0 Å². The molecule has 7 aromatic carbocycles. The zero-order valence-corrected chi connectivity index (χ0v) is 24.0. The summed E-state index contributed by atoms with van der Waals surface area (Å²) < 4.78 is 7.54. The van der Waals surface area contributed by atoms with Gasteiger partial charge in [-0.25, -0.2) is 0 Å². The Bertz CT molecular complexity index is 2670. The smallest absolute Gasteiger partial charge is 0.0719 e. The summed E-state index contributed by atoms with van der Waals surface area (Å²) in [5, 5.41) is 10.4. The molecule has 0 amide bonds. The number of fused-ring (bicyclic) bond motifs is 12. The van der Waals surface area contributed by atoms with E-state index in [1.165, 1.54) is 85.9 Å². The van der Waals surface area contributed by atoms with Crippen molar-refractivity contribution in [3.05, 3.63) is 146 Å². The summed E-state index contributed by atoms with van der Waals surface area (Å²) in [4.78, 5) is 0. The van der Waals surface area contributed by atoms with E-state index < -0.39 is 0 Å². The first-order chi connectivity index (χ1) is 21.3. The van der Waals surface area contributed by atoms with Gasteiger partial charge in [-0.1, -0.05) is 97.1 Å². The van der Waals surface area contributed by atoms with Crippen molar-refractivity contribution in [2.45, 2.75) is 0 Å². The first-order valence-electron chi connectivity index (χ1n) is 14.7. The van der Waals surface area contributed by atoms with Crippen LogP contribution in [0.3, 0.4) is 0 Å². The number of thiophene rings is 1. The molecule has 0 radical (unpaired) electrons. The van der Waals surface area contributed by atoms with Gasteiger partial charge in [-0.2, -0.15) is 0 Å². The average molecular weight is 565 g/mol. The van der Waals surface area contributed by atoms with E-state index in [2.05, 4.69) is 155 Å². The van der Waals surface area contributed by atoms with Crippen molar-refractivity contribution in [3.63, 3.8) is 0 Å². The largest absolute Gasteiger partial charge is 0.309 e. The molecule has 0 N–H and O–H groups in total. The maximum Gasteiger partial charge on any atom is 0.0719 e. The van der Waals surface area contributed by atoms with Crippen LogP contribution in [-0.4, -0.2) is 9.13 Å². The van der Waals surface area contributed by atoms with Crippen LogP contribution < -0.4 is 0 Å². The average Bonchev–Trinajstić information content (AvgIpc) is 3.73. The Morgan fingerprint density at radius 2 is 0.953 bits per heavy atom. The Labute approximate surface area is 251 Å². The van der Waals surface area contributed by atoms with Crippen LogP contribution in [0.5, 0.6) is 0 Å². The van der Waals surface area contributed by atoms with Gasteiger partial charge in [0.25, 0.3) is 0 Å². The van der Waals surface area contributed by atoms with Gasteiger partial charge in [-0.05, 0) is 59.3 Å². The summed E-state index contributed by atoms with van der Waals surface area (Å²) >= 11 is 1.90. The van der Waals surface area contributed by atoms with Crippen molar-refractivity contribution in [2.24, 2.45) is 0 Å². The molecule has 0 saturated heterocycles. The molecular formula is C40H24N2S. The fraction of sp³-hybridized carbons (Fsp3) is 0. The van der Waals surface area contributed by atoms with Crippen molar-refractivity contribution in [1.82, 2.24) is 9.13 Å². The number of para-hydroxylation sites is 2. The minimum absolute atomic E-state index is 1.17. The highest BCUT2D eigenvalue weighted by Gasteiger charge is 2.20. The van der Waals surface area contributed by atoms with E-state index in [0.29, 0.717) is 0 Å². The lowest BCUT2D eigenvalue weighted by molar-refractivity contribution is 1.15. The number of hydrogen-bond donors (Lipinski definition) is 0. The van der Waals surface area contributed by atoms with Crippen LogP contribution in [0.15, 0.2) is 146 Å². The molecule has 0 saturated carbocycles. The second-order valence-electron chi connectivity index (χ2n) is 11.3. The molecule has 0 unspecified atom stereocenters. The fourth-order valence-corrected chi connectivity index (χ4v) is 8.51. The van der Waals surface area contributed by atoms with Crippen molar-refractivity contribution >= 4 is 85.9 Å². The highest BCUT2D eigenvalue weighted by Crippen LogP contribution is 2.44. The Morgan fingerprint density at radius 1 is 0.372 bits per heavy atom. The van der Waals surface area contributed by atoms with Gasteiger partial charge >= 0.3 is 0 Å². The van der Waals surface area contributed by atoms with Gasteiger partial charge in [0.15, 0.2) is 0 Å². The zero-order chi connectivity index (χ0) is 28.1. The number of nitrogens with zero attached hydrogens (tertiary/aromatic N) is 2. The van der Waals surface area contributed by atoms with Crippen LogP contribution in [0.2, 0.25) is 0 Å². The summed E-state index contributed by atoms with van der Waals surface area (Å²) in [6.07, 6.45) is 0. The number of hydrogen-bond acceptors (Lipinski definition) is 1. The third-order valence-electron chi connectivity index (χ3n) is 9.11. The molecule has 3 heterocycles. The second-order valence-corrected chi connectivity index (χ2v) is 12.4. The third kappa shape index (κ3) is 3.12. The Hall–Kier alpha value is -5.38. The van der Waals surface area contributed by atoms with Crippen molar-refractivity contribution < 1.29 is 0 Å². The van der Waals surface area contributed by atoms with E-state index in [1.807, 2.05) is 11.3 Å². The minimum atomic E-state index is 1.17. The predicted molar refractivity (Wildman–Crippen MR) is 186 cm³/mol. The van der Waals surface area contributed by atoms with Crippen molar-refractivity contribution in [2.75, 3.05) is 0 Å². The van der Waals surface area contributed by atoms with Crippen LogP contribution in [0.1, 0.15) is 0 Å².